The van der Waals surface area contributed by atoms with Crippen LogP contribution >= 0.6 is 22.9 Å². The molecule has 5 rings (SSSR count). The van der Waals surface area contributed by atoms with Crippen molar-refractivity contribution in [2.45, 2.75) is 53.0 Å². The Hall–Kier alpha value is -1.99. The first-order chi connectivity index (χ1) is 13.4. The molecule has 1 unspecified atom stereocenters. The minimum absolute atomic E-state index is 0.379. The van der Waals surface area contributed by atoms with Crippen LogP contribution in [-0.2, 0) is 19.4 Å². The Morgan fingerprint density at radius 2 is 2.21 bits per heavy atom. The Balaban J connectivity index is 1.55. The van der Waals surface area contributed by atoms with Gasteiger partial charge in [0.2, 0.25) is 0 Å². The lowest BCUT2D eigenvalue weighted by Gasteiger charge is -2.36. The molecular weight excluding hydrogens is 392 g/mol. The van der Waals surface area contributed by atoms with Crippen molar-refractivity contribution in [1.82, 2.24) is 29.4 Å². The molecule has 1 atom stereocenters. The van der Waals surface area contributed by atoms with Gasteiger partial charge in [-0.3, -0.25) is 4.68 Å². The van der Waals surface area contributed by atoms with Gasteiger partial charge in [-0.2, -0.15) is 5.10 Å². The summed E-state index contributed by atoms with van der Waals surface area (Å²) in [6, 6.07) is 0. The van der Waals surface area contributed by atoms with Crippen molar-refractivity contribution in [3.63, 3.8) is 0 Å². The number of aryl methyl sites for hydroxylation is 1. The molecule has 6 nitrogen and oxygen atoms in total. The second-order valence-corrected chi connectivity index (χ2v) is 9.88. The van der Waals surface area contributed by atoms with E-state index in [9.17, 15) is 0 Å². The van der Waals surface area contributed by atoms with E-state index in [1.807, 2.05) is 11.3 Å². The number of fused-ring (bicyclic) bond motifs is 5. The van der Waals surface area contributed by atoms with Gasteiger partial charge in [-0.15, -0.1) is 16.4 Å². The van der Waals surface area contributed by atoms with Gasteiger partial charge < -0.3 is 0 Å². The summed E-state index contributed by atoms with van der Waals surface area (Å²) in [6.07, 6.45) is 9.88. The molecule has 0 N–H and O–H groups in total. The third kappa shape index (κ3) is 2.92. The summed E-state index contributed by atoms with van der Waals surface area (Å²) in [5, 5.41) is 10.6. The fourth-order valence-electron chi connectivity index (χ4n) is 4.21. The molecule has 0 saturated carbocycles. The number of nitrogens with zero attached hydrogens (tertiary/aromatic N) is 6. The summed E-state index contributed by atoms with van der Waals surface area (Å²) in [6.45, 7) is 7.60. The van der Waals surface area contributed by atoms with Gasteiger partial charge in [0.25, 0.3) is 0 Å². The summed E-state index contributed by atoms with van der Waals surface area (Å²) < 4.78 is 3.56. The maximum absolute atomic E-state index is 5.96. The van der Waals surface area contributed by atoms with Crippen LogP contribution in [0.5, 0.6) is 0 Å². The second kappa shape index (κ2) is 6.52. The maximum Gasteiger partial charge on any atom is 0.173 e. The van der Waals surface area contributed by atoms with Crippen LogP contribution in [0.15, 0.2) is 18.7 Å². The molecular formula is C20H23ClN6S. The molecule has 4 heterocycles. The second-order valence-electron chi connectivity index (χ2n) is 8.36. The van der Waals surface area contributed by atoms with E-state index >= 15 is 0 Å². The average Bonchev–Trinajstić information content (AvgIpc) is 3.36. The van der Waals surface area contributed by atoms with Crippen LogP contribution in [0.4, 0.5) is 0 Å². The fraction of sp³-hybridized carbons (Fsp3) is 0.500. The summed E-state index contributed by atoms with van der Waals surface area (Å²) >= 11 is 7.80. The van der Waals surface area contributed by atoms with Crippen LogP contribution in [0.25, 0.3) is 15.9 Å². The molecule has 0 aliphatic heterocycles. The van der Waals surface area contributed by atoms with Crippen molar-refractivity contribution in [1.29, 1.82) is 0 Å². The Morgan fingerprint density at radius 1 is 1.36 bits per heavy atom. The number of halogens is 1. The maximum atomic E-state index is 5.96. The minimum atomic E-state index is 0.379. The third-order valence-corrected chi connectivity index (χ3v) is 7.71. The van der Waals surface area contributed by atoms with E-state index in [1.165, 1.54) is 28.7 Å². The highest BCUT2D eigenvalue weighted by Gasteiger charge is 2.33. The van der Waals surface area contributed by atoms with Crippen molar-refractivity contribution in [2.75, 3.05) is 0 Å². The zero-order chi connectivity index (χ0) is 19.5. The van der Waals surface area contributed by atoms with Gasteiger partial charge in [-0.05, 0) is 36.2 Å². The Kier molecular flexibility index (Phi) is 4.21. The van der Waals surface area contributed by atoms with E-state index in [1.54, 1.807) is 27.9 Å². The van der Waals surface area contributed by atoms with Gasteiger partial charge in [0, 0.05) is 11.1 Å². The SMILES string of the molecule is CCC(C)(C)C1CCc2c(sc3ncn4nc(Cn5cc(Cl)cn5)nc4c23)C1. The van der Waals surface area contributed by atoms with Crippen LogP contribution in [-0.4, -0.2) is 29.4 Å². The highest BCUT2D eigenvalue weighted by Crippen LogP contribution is 2.44. The van der Waals surface area contributed by atoms with Gasteiger partial charge >= 0.3 is 0 Å². The van der Waals surface area contributed by atoms with E-state index in [-0.39, 0.29) is 0 Å². The van der Waals surface area contributed by atoms with Gasteiger partial charge in [-0.25, -0.2) is 14.5 Å². The predicted molar refractivity (Wildman–Crippen MR) is 112 cm³/mol. The van der Waals surface area contributed by atoms with Crippen LogP contribution < -0.4 is 0 Å². The van der Waals surface area contributed by atoms with Crippen molar-refractivity contribution < 1.29 is 0 Å². The van der Waals surface area contributed by atoms with E-state index in [0.29, 0.717) is 17.0 Å². The normalized spacial score (nSPS) is 17.5. The molecule has 1 aliphatic rings. The van der Waals surface area contributed by atoms with Crippen LogP contribution in [0.2, 0.25) is 5.02 Å². The predicted octanol–water partition coefficient (Wildman–Crippen LogP) is 4.78. The van der Waals surface area contributed by atoms with Crippen molar-refractivity contribution in [3.8, 4) is 0 Å². The Morgan fingerprint density at radius 3 is 2.96 bits per heavy atom. The highest BCUT2D eigenvalue weighted by atomic mass is 35.5. The largest absolute Gasteiger partial charge is 0.263 e. The summed E-state index contributed by atoms with van der Waals surface area (Å²) in [7, 11) is 0. The standard InChI is InChI=1S/C20H23ClN6S/c1-4-20(2,3)12-5-6-14-15(7-12)28-19-17(14)18-24-16(25-27(18)11-22-19)10-26-9-13(21)8-23-26/h8-9,11-12H,4-7,10H2,1-3H3. The average molecular weight is 415 g/mol. The summed E-state index contributed by atoms with van der Waals surface area (Å²) in [5.41, 5.74) is 2.72. The Labute approximate surface area is 172 Å². The molecule has 0 saturated heterocycles. The van der Waals surface area contributed by atoms with Gasteiger partial charge in [-0.1, -0.05) is 38.8 Å². The van der Waals surface area contributed by atoms with Crippen molar-refractivity contribution in [2.24, 2.45) is 11.3 Å². The number of hydrogen-bond donors (Lipinski definition) is 0. The molecule has 146 valence electrons. The molecule has 8 heteroatoms. The smallest absolute Gasteiger partial charge is 0.173 e. The number of rotatable bonds is 4. The molecule has 0 fully saturated rings. The third-order valence-electron chi connectivity index (χ3n) is 6.35. The molecule has 4 aromatic heterocycles. The number of aromatic nitrogens is 6. The topological polar surface area (TPSA) is 60.9 Å². The lowest BCUT2D eigenvalue weighted by Crippen LogP contribution is -2.28. The van der Waals surface area contributed by atoms with Gasteiger partial charge in [0.1, 0.15) is 17.7 Å². The first-order valence-electron chi connectivity index (χ1n) is 9.77. The minimum Gasteiger partial charge on any atom is -0.263 e. The number of thiophene rings is 1. The van der Waals surface area contributed by atoms with Crippen LogP contribution in [0.3, 0.4) is 0 Å². The highest BCUT2D eigenvalue weighted by molar-refractivity contribution is 7.19. The molecule has 0 spiro atoms. The Bertz CT molecular complexity index is 1170. The first-order valence-corrected chi connectivity index (χ1v) is 11.0. The monoisotopic (exact) mass is 414 g/mol. The van der Waals surface area contributed by atoms with E-state index in [0.717, 1.165) is 35.1 Å². The molecule has 0 bridgehead atoms. The lowest BCUT2D eigenvalue weighted by molar-refractivity contribution is 0.184. The first kappa shape index (κ1) is 18.1. The molecule has 4 aromatic rings. The van der Waals surface area contributed by atoms with E-state index < -0.39 is 0 Å². The van der Waals surface area contributed by atoms with Crippen molar-refractivity contribution >= 4 is 38.8 Å². The lowest BCUT2D eigenvalue weighted by atomic mass is 9.70. The fourth-order valence-corrected chi connectivity index (χ4v) is 5.63. The van der Waals surface area contributed by atoms with E-state index in [4.69, 9.17) is 16.6 Å². The van der Waals surface area contributed by atoms with E-state index in [2.05, 4.69) is 36.0 Å². The molecule has 0 aromatic carbocycles. The number of hydrogen-bond acceptors (Lipinski definition) is 5. The molecule has 0 amide bonds. The quantitative estimate of drug-likeness (QED) is 0.482. The van der Waals surface area contributed by atoms with Crippen LogP contribution in [0, 0.1) is 11.3 Å². The van der Waals surface area contributed by atoms with Crippen molar-refractivity contribution in [3.05, 3.63) is 40.0 Å². The zero-order valence-corrected chi connectivity index (χ0v) is 17.9. The van der Waals surface area contributed by atoms with Gasteiger partial charge in [0.05, 0.1) is 16.6 Å². The zero-order valence-electron chi connectivity index (χ0n) is 16.3. The molecule has 28 heavy (non-hydrogen) atoms. The van der Waals surface area contributed by atoms with Gasteiger partial charge in [0.15, 0.2) is 11.5 Å². The summed E-state index contributed by atoms with van der Waals surface area (Å²) in [5.74, 6) is 1.45. The van der Waals surface area contributed by atoms with Crippen LogP contribution in [0.1, 0.15) is 49.9 Å². The summed E-state index contributed by atoms with van der Waals surface area (Å²) in [4.78, 5) is 12.1. The molecule has 0 radical (unpaired) electrons. The molecule has 1 aliphatic carbocycles.